The number of halogens is 4. The summed E-state index contributed by atoms with van der Waals surface area (Å²) in [7, 11) is 0. The van der Waals surface area contributed by atoms with Crippen LogP contribution in [-0.4, -0.2) is 0 Å². The maximum Gasteiger partial charge on any atom is 0.419 e. The van der Waals surface area contributed by atoms with E-state index in [1.807, 2.05) is 6.07 Å². The molecule has 0 saturated heterocycles. The number of nitrogen functional groups attached to an aromatic ring is 1. The van der Waals surface area contributed by atoms with Crippen LogP contribution in [0.1, 0.15) is 11.1 Å². The average Bonchev–Trinajstić information content (AvgIpc) is 2.42. The van der Waals surface area contributed by atoms with Gasteiger partial charge in [0, 0.05) is 0 Å². The SMILES string of the molecule is N#Cc1cccc(Oc2ccc(F)c(C(F)(F)F)c2)c1N. The average molecular weight is 296 g/mol. The lowest BCUT2D eigenvalue weighted by atomic mass is 10.1. The van der Waals surface area contributed by atoms with Crippen LogP contribution < -0.4 is 10.5 Å². The summed E-state index contributed by atoms with van der Waals surface area (Å²) in [5, 5.41) is 8.81. The predicted octanol–water partition coefficient (Wildman–Crippen LogP) is 4.09. The number of nitriles is 1. The highest BCUT2D eigenvalue weighted by Gasteiger charge is 2.34. The molecule has 0 spiro atoms. The molecule has 0 aliphatic rings. The van der Waals surface area contributed by atoms with Gasteiger partial charge in [0.25, 0.3) is 0 Å². The van der Waals surface area contributed by atoms with Crippen LogP contribution >= 0.6 is 0 Å². The Morgan fingerprint density at radius 3 is 2.48 bits per heavy atom. The first-order valence-electron chi connectivity index (χ1n) is 5.66. The van der Waals surface area contributed by atoms with Gasteiger partial charge in [-0.15, -0.1) is 0 Å². The summed E-state index contributed by atoms with van der Waals surface area (Å²) < 4.78 is 56.2. The highest BCUT2D eigenvalue weighted by Crippen LogP contribution is 2.36. The van der Waals surface area contributed by atoms with Gasteiger partial charge in [-0.3, -0.25) is 0 Å². The third kappa shape index (κ3) is 3.05. The van der Waals surface area contributed by atoms with E-state index in [-0.39, 0.29) is 22.7 Å². The Kier molecular flexibility index (Phi) is 3.72. The highest BCUT2D eigenvalue weighted by atomic mass is 19.4. The molecule has 0 unspecified atom stereocenters. The molecule has 2 N–H and O–H groups in total. The van der Waals surface area contributed by atoms with Gasteiger partial charge in [0.05, 0.1) is 16.8 Å². The molecule has 0 bridgehead atoms. The molecule has 0 radical (unpaired) electrons. The number of hydrogen-bond donors (Lipinski definition) is 1. The van der Waals surface area contributed by atoms with E-state index >= 15 is 0 Å². The Morgan fingerprint density at radius 2 is 1.86 bits per heavy atom. The summed E-state index contributed by atoms with van der Waals surface area (Å²) >= 11 is 0. The van der Waals surface area contributed by atoms with Crippen molar-refractivity contribution in [1.82, 2.24) is 0 Å². The maximum absolute atomic E-state index is 13.2. The summed E-state index contributed by atoms with van der Waals surface area (Å²) in [5.41, 5.74) is 4.34. The number of para-hydroxylation sites is 1. The van der Waals surface area contributed by atoms with Crippen molar-refractivity contribution in [2.24, 2.45) is 0 Å². The molecule has 0 atom stereocenters. The molecule has 0 aliphatic carbocycles. The Labute approximate surface area is 117 Å². The van der Waals surface area contributed by atoms with Gasteiger partial charge in [-0.1, -0.05) is 6.07 Å². The fraction of sp³-hybridized carbons (Fsp3) is 0.0714. The number of nitrogens with two attached hydrogens (primary N) is 1. The Bertz CT molecular complexity index is 720. The first kappa shape index (κ1) is 14.7. The molecule has 0 heterocycles. The topological polar surface area (TPSA) is 59.0 Å². The fourth-order valence-electron chi connectivity index (χ4n) is 1.64. The van der Waals surface area contributed by atoms with Gasteiger partial charge in [0.2, 0.25) is 0 Å². The molecule has 108 valence electrons. The van der Waals surface area contributed by atoms with Crippen molar-refractivity contribution in [1.29, 1.82) is 5.26 Å². The third-order valence-electron chi connectivity index (χ3n) is 2.66. The lowest BCUT2D eigenvalue weighted by Crippen LogP contribution is -2.08. The van der Waals surface area contributed by atoms with Gasteiger partial charge in [-0.05, 0) is 30.3 Å². The molecule has 3 nitrogen and oxygen atoms in total. The van der Waals surface area contributed by atoms with E-state index in [4.69, 9.17) is 15.7 Å². The van der Waals surface area contributed by atoms with Gasteiger partial charge >= 0.3 is 6.18 Å². The van der Waals surface area contributed by atoms with E-state index in [2.05, 4.69) is 0 Å². The number of ether oxygens (including phenoxy) is 1. The Morgan fingerprint density at radius 1 is 1.14 bits per heavy atom. The van der Waals surface area contributed by atoms with Crippen LogP contribution in [0.3, 0.4) is 0 Å². The molecule has 0 aliphatic heterocycles. The van der Waals surface area contributed by atoms with Crippen LogP contribution in [-0.2, 0) is 6.18 Å². The van der Waals surface area contributed by atoms with Gasteiger partial charge in [-0.2, -0.15) is 18.4 Å². The van der Waals surface area contributed by atoms with Crippen LogP contribution in [0.2, 0.25) is 0 Å². The van der Waals surface area contributed by atoms with Crippen molar-refractivity contribution in [2.45, 2.75) is 6.18 Å². The second-order valence-corrected chi connectivity index (χ2v) is 4.07. The summed E-state index contributed by atoms with van der Waals surface area (Å²) in [4.78, 5) is 0. The number of benzene rings is 2. The predicted molar refractivity (Wildman–Crippen MR) is 67.0 cm³/mol. The highest BCUT2D eigenvalue weighted by molar-refractivity contribution is 5.63. The van der Waals surface area contributed by atoms with E-state index in [9.17, 15) is 17.6 Å². The molecule has 2 aromatic rings. The van der Waals surface area contributed by atoms with E-state index in [0.29, 0.717) is 12.1 Å². The molecule has 7 heteroatoms. The monoisotopic (exact) mass is 296 g/mol. The number of nitrogens with zero attached hydrogens (tertiary/aromatic N) is 1. The standard InChI is InChI=1S/C14H8F4N2O/c15-11-5-4-9(6-10(11)14(16,17)18)21-12-3-1-2-8(7-19)13(12)20/h1-6H,20H2. The minimum atomic E-state index is -4.83. The van der Waals surface area contributed by atoms with E-state index in [1.54, 1.807) is 0 Å². The first-order valence-corrected chi connectivity index (χ1v) is 5.66. The minimum Gasteiger partial charge on any atom is -0.455 e. The number of rotatable bonds is 2. The van der Waals surface area contributed by atoms with Gasteiger partial charge in [0.1, 0.15) is 17.6 Å². The molecule has 0 amide bonds. The maximum atomic E-state index is 13.2. The van der Waals surface area contributed by atoms with Crippen molar-refractivity contribution < 1.29 is 22.3 Å². The van der Waals surface area contributed by atoms with Gasteiger partial charge < -0.3 is 10.5 Å². The van der Waals surface area contributed by atoms with E-state index in [1.165, 1.54) is 18.2 Å². The van der Waals surface area contributed by atoms with Crippen LogP contribution in [0.4, 0.5) is 23.2 Å². The van der Waals surface area contributed by atoms with E-state index < -0.39 is 17.6 Å². The van der Waals surface area contributed by atoms with Crippen LogP contribution in [0.5, 0.6) is 11.5 Å². The summed E-state index contributed by atoms with van der Waals surface area (Å²) in [6.45, 7) is 0. The van der Waals surface area contributed by atoms with Crippen molar-refractivity contribution in [3.05, 3.63) is 53.3 Å². The van der Waals surface area contributed by atoms with Crippen LogP contribution in [0.25, 0.3) is 0 Å². The second kappa shape index (κ2) is 5.32. The molecular formula is C14H8F4N2O. The third-order valence-corrected chi connectivity index (χ3v) is 2.66. The van der Waals surface area contributed by atoms with Crippen molar-refractivity contribution in [2.75, 3.05) is 5.73 Å². The number of anilines is 1. The van der Waals surface area contributed by atoms with Crippen molar-refractivity contribution in [3.8, 4) is 17.6 Å². The van der Waals surface area contributed by atoms with Crippen LogP contribution in [0.15, 0.2) is 36.4 Å². The number of hydrogen-bond acceptors (Lipinski definition) is 3. The normalized spacial score (nSPS) is 11.0. The fourth-order valence-corrected chi connectivity index (χ4v) is 1.64. The molecule has 0 fully saturated rings. The van der Waals surface area contributed by atoms with Crippen molar-refractivity contribution in [3.63, 3.8) is 0 Å². The minimum absolute atomic E-state index is 0.00196. The van der Waals surface area contributed by atoms with E-state index in [0.717, 1.165) is 6.07 Å². The molecule has 2 aromatic carbocycles. The second-order valence-electron chi connectivity index (χ2n) is 4.07. The molecule has 2 rings (SSSR count). The van der Waals surface area contributed by atoms with Gasteiger partial charge in [-0.25, -0.2) is 4.39 Å². The largest absolute Gasteiger partial charge is 0.455 e. The number of alkyl halides is 3. The summed E-state index contributed by atoms with van der Waals surface area (Å²) in [6, 6.07) is 8.36. The summed E-state index contributed by atoms with van der Waals surface area (Å²) in [5.74, 6) is -1.60. The Balaban J connectivity index is 2.40. The van der Waals surface area contributed by atoms with Crippen molar-refractivity contribution >= 4 is 5.69 Å². The quantitative estimate of drug-likeness (QED) is 0.670. The van der Waals surface area contributed by atoms with Gasteiger partial charge in [0.15, 0.2) is 5.75 Å². The zero-order chi connectivity index (χ0) is 15.6. The molecule has 21 heavy (non-hydrogen) atoms. The molecule has 0 saturated carbocycles. The molecule has 0 aromatic heterocycles. The zero-order valence-corrected chi connectivity index (χ0v) is 10.4. The summed E-state index contributed by atoms with van der Waals surface area (Å²) in [6.07, 6.45) is -4.83. The smallest absolute Gasteiger partial charge is 0.419 e. The zero-order valence-electron chi connectivity index (χ0n) is 10.4. The lowest BCUT2D eigenvalue weighted by Gasteiger charge is -2.12. The Hall–Kier alpha value is -2.75. The first-order chi connectivity index (χ1) is 9.82. The molecular weight excluding hydrogens is 288 g/mol. The van der Waals surface area contributed by atoms with Crippen LogP contribution in [0, 0.1) is 17.1 Å². The lowest BCUT2D eigenvalue weighted by molar-refractivity contribution is -0.140.